The number of carboxylic acid groups (broad SMARTS) is 1. The van der Waals surface area contributed by atoms with Crippen molar-refractivity contribution in [3.8, 4) is 0 Å². The van der Waals surface area contributed by atoms with Gasteiger partial charge in [-0.3, -0.25) is 9.59 Å². The molecule has 0 heterocycles. The summed E-state index contributed by atoms with van der Waals surface area (Å²) in [4.78, 5) is 23.9. The van der Waals surface area contributed by atoms with E-state index in [0.717, 1.165) is 64.2 Å². The van der Waals surface area contributed by atoms with Gasteiger partial charge in [0.25, 0.3) is 0 Å². The third-order valence-corrected chi connectivity index (χ3v) is 6.23. The maximum Gasteiger partial charge on any atom is 0.309 e. The molecule has 3 saturated carbocycles. The average Bonchev–Trinajstić information content (AvgIpc) is 2.77. The summed E-state index contributed by atoms with van der Waals surface area (Å²) in [5.74, 6) is 0.0337. The highest BCUT2D eigenvalue weighted by Gasteiger charge is 2.53. The Labute approximate surface area is 132 Å². The first-order valence-electron chi connectivity index (χ1n) is 8.73. The van der Waals surface area contributed by atoms with Gasteiger partial charge < -0.3 is 10.4 Å². The van der Waals surface area contributed by atoms with E-state index >= 15 is 0 Å². The summed E-state index contributed by atoms with van der Waals surface area (Å²) in [6.07, 6.45) is 14.1. The fourth-order valence-corrected chi connectivity index (χ4v) is 4.55. The number of rotatable bonds is 4. The molecule has 0 aromatic carbocycles. The number of carbonyl (C=O) groups is 2. The fraction of sp³-hybridized carbons (Fsp3) is 0.778. The largest absolute Gasteiger partial charge is 0.481 e. The van der Waals surface area contributed by atoms with Gasteiger partial charge in [-0.2, -0.15) is 0 Å². The van der Waals surface area contributed by atoms with Gasteiger partial charge >= 0.3 is 5.97 Å². The number of fused-ring (bicyclic) bond motifs is 3. The number of amides is 1. The van der Waals surface area contributed by atoms with Crippen LogP contribution in [0.5, 0.6) is 0 Å². The lowest BCUT2D eigenvalue weighted by Crippen LogP contribution is -2.58. The molecule has 0 aromatic heterocycles. The Kier molecular flexibility index (Phi) is 4.28. The van der Waals surface area contributed by atoms with E-state index in [-0.39, 0.29) is 11.4 Å². The van der Waals surface area contributed by atoms with Gasteiger partial charge in [0.2, 0.25) is 5.91 Å². The second-order valence-corrected chi connectivity index (χ2v) is 7.61. The molecule has 0 radical (unpaired) electrons. The molecule has 3 fully saturated rings. The summed E-state index contributed by atoms with van der Waals surface area (Å²) in [6.45, 7) is 0. The maximum absolute atomic E-state index is 12.4. The Hall–Kier alpha value is -1.32. The third-order valence-electron chi connectivity index (χ3n) is 6.23. The van der Waals surface area contributed by atoms with Crippen molar-refractivity contribution in [3.05, 3.63) is 12.2 Å². The summed E-state index contributed by atoms with van der Waals surface area (Å²) < 4.78 is 0. The van der Waals surface area contributed by atoms with Gasteiger partial charge in [-0.1, -0.05) is 12.2 Å². The Morgan fingerprint density at radius 2 is 1.55 bits per heavy atom. The Morgan fingerprint density at radius 3 is 2.05 bits per heavy atom. The SMILES string of the molecule is O=C(CC1CCC=CCC1)NC12CCC(C(=O)O)(CC1)CC2. The molecule has 0 aromatic rings. The molecule has 122 valence electrons. The van der Waals surface area contributed by atoms with Crippen LogP contribution in [-0.4, -0.2) is 22.5 Å². The topological polar surface area (TPSA) is 66.4 Å². The van der Waals surface area contributed by atoms with Crippen LogP contribution in [0.4, 0.5) is 0 Å². The molecule has 0 spiro atoms. The van der Waals surface area contributed by atoms with Crippen LogP contribution in [0.3, 0.4) is 0 Å². The molecule has 4 nitrogen and oxygen atoms in total. The first-order chi connectivity index (χ1) is 10.5. The molecule has 4 rings (SSSR count). The first kappa shape index (κ1) is 15.6. The molecule has 2 bridgehead atoms. The van der Waals surface area contributed by atoms with Crippen LogP contribution in [0.2, 0.25) is 0 Å². The Bertz CT molecular complexity index is 448. The van der Waals surface area contributed by atoms with Crippen LogP contribution in [0.15, 0.2) is 12.2 Å². The molecule has 0 saturated heterocycles. The van der Waals surface area contributed by atoms with Crippen molar-refractivity contribution in [2.45, 2.75) is 76.2 Å². The van der Waals surface area contributed by atoms with Gasteiger partial charge in [0.15, 0.2) is 0 Å². The van der Waals surface area contributed by atoms with E-state index in [1.54, 1.807) is 0 Å². The van der Waals surface area contributed by atoms with Crippen molar-refractivity contribution in [3.63, 3.8) is 0 Å². The number of aliphatic carboxylic acids is 1. The number of allylic oxidation sites excluding steroid dienone is 2. The van der Waals surface area contributed by atoms with Crippen LogP contribution in [0, 0.1) is 11.3 Å². The molecule has 22 heavy (non-hydrogen) atoms. The van der Waals surface area contributed by atoms with Gasteiger partial charge in [-0.15, -0.1) is 0 Å². The molecule has 4 aliphatic carbocycles. The molecular weight excluding hydrogens is 278 g/mol. The normalized spacial score (nSPS) is 35.1. The molecule has 1 amide bonds. The molecule has 0 unspecified atom stereocenters. The van der Waals surface area contributed by atoms with Crippen molar-refractivity contribution in [1.82, 2.24) is 5.32 Å². The van der Waals surface area contributed by atoms with Gasteiger partial charge in [-0.05, 0) is 70.1 Å². The van der Waals surface area contributed by atoms with Crippen molar-refractivity contribution >= 4 is 11.9 Å². The number of hydrogen-bond acceptors (Lipinski definition) is 2. The minimum atomic E-state index is -0.641. The summed E-state index contributed by atoms with van der Waals surface area (Å²) >= 11 is 0. The smallest absolute Gasteiger partial charge is 0.309 e. The predicted molar refractivity (Wildman–Crippen MR) is 84.4 cm³/mol. The van der Waals surface area contributed by atoms with E-state index in [1.807, 2.05) is 0 Å². The van der Waals surface area contributed by atoms with Crippen LogP contribution in [0.25, 0.3) is 0 Å². The summed E-state index contributed by atoms with van der Waals surface area (Å²) in [5.41, 5.74) is -0.614. The monoisotopic (exact) mass is 305 g/mol. The van der Waals surface area contributed by atoms with Crippen LogP contribution >= 0.6 is 0 Å². The quantitative estimate of drug-likeness (QED) is 0.782. The van der Waals surface area contributed by atoms with Gasteiger partial charge in [0, 0.05) is 12.0 Å². The third kappa shape index (κ3) is 3.06. The lowest BCUT2D eigenvalue weighted by Gasteiger charge is -2.51. The zero-order valence-electron chi connectivity index (χ0n) is 13.3. The second-order valence-electron chi connectivity index (χ2n) is 7.61. The minimum Gasteiger partial charge on any atom is -0.481 e. The number of hydrogen-bond donors (Lipinski definition) is 2. The molecule has 0 atom stereocenters. The highest BCUT2D eigenvalue weighted by molar-refractivity contribution is 5.78. The molecule has 2 N–H and O–H groups in total. The number of nitrogens with one attached hydrogen (secondary N) is 1. The maximum atomic E-state index is 12.4. The summed E-state index contributed by atoms with van der Waals surface area (Å²) in [5, 5.41) is 12.7. The van der Waals surface area contributed by atoms with Crippen molar-refractivity contribution < 1.29 is 14.7 Å². The van der Waals surface area contributed by atoms with Crippen LogP contribution in [-0.2, 0) is 9.59 Å². The molecule has 4 aliphatic rings. The van der Waals surface area contributed by atoms with Crippen molar-refractivity contribution in [2.75, 3.05) is 0 Å². The second kappa shape index (κ2) is 6.05. The van der Waals surface area contributed by atoms with E-state index in [1.165, 1.54) is 0 Å². The Balaban J connectivity index is 1.53. The Morgan fingerprint density at radius 1 is 1.00 bits per heavy atom. The predicted octanol–water partition coefficient (Wildman–Crippen LogP) is 3.42. The van der Waals surface area contributed by atoms with Gasteiger partial charge in [-0.25, -0.2) is 0 Å². The highest BCUT2D eigenvalue weighted by atomic mass is 16.4. The lowest BCUT2D eigenvalue weighted by molar-refractivity contribution is -0.157. The standard InChI is InChI=1S/C18H27NO3/c20-15(13-14-5-3-1-2-4-6-14)19-18-10-7-17(8-11-18,9-12-18)16(21)22/h1-2,14H,3-13H2,(H,19,20)(H,21,22). The van der Waals surface area contributed by atoms with Crippen LogP contribution < -0.4 is 5.32 Å². The summed E-state index contributed by atoms with van der Waals surface area (Å²) in [7, 11) is 0. The first-order valence-corrected chi connectivity index (χ1v) is 8.73. The van der Waals surface area contributed by atoms with Crippen molar-refractivity contribution in [2.24, 2.45) is 11.3 Å². The molecular formula is C18H27NO3. The van der Waals surface area contributed by atoms with E-state index in [4.69, 9.17) is 0 Å². The van der Waals surface area contributed by atoms with Gasteiger partial charge in [0.1, 0.15) is 0 Å². The molecule has 4 heteroatoms. The van der Waals surface area contributed by atoms with Crippen LogP contribution in [0.1, 0.15) is 70.6 Å². The van der Waals surface area contributed by atoms with E-state index in [2.05, 4.69) is 17.5 Å². The zero-order valence-corrected chi connectivity index (χ0v) is 13.3. The van der Waals surface area contributed by atoms with Gasteiger partial charge in [0.05, 0.1) is 5.41 Å². The zero-order chi connectivity index (χ0) is 15.6. The van der Waals surface area contributed by atoms with E-state index in [0.29, 0.717) is 12.3 Å². The van der Waals surface area contributed by atoms with E-state index in [9.17, 15) is 14.7 Å². The van der Waals surface area contributed by atoms with Crippen molar-refractivity contribution in [1.29, 1.82) is 0 Å². The summed E-state index contributed by atoms with van der Waals surface area (Å²) in [6, 6.07) is 0. The number of carboxylic acids is 1. The minimum absolute atomic E-state index is 0.114. The highest BCUT2D eigenvalue weighted by Crippen LogP contribution is 2.52. The van der Waals surface area contributed by atoms with E-state index < -0.39 is 11.4 Å². The lowest BCUT2D eigenvalue weighted by atomic mass is 9.57. The average molecular weight is 305 g/mol. The number of carbonyl (C=O) groups excluding carboxylic acids is 1. The molecule has 0 aliphatic heterocycles. The fourth-order valence-electron chi connectivity index (χ4n) is 4.55.